The summed E-state index contributed by atoms with van der Waals surface area (Å²) in [5.74, 6) is 0. The predicted molar refractivity (Wildman–Crippen MR) is 266 cm³/mol. The smallest absolute Gasteiger partial charge is 0.143 e. The minimum atomic E-state index is 0.882. The molecule has 63 heavy (non-hydrogen) atoms. The van der Waals surface area contributed by atoms with E-state index in [1.54, 1.807) is 0 Å². The van der Waals surface area contributed by atoms with Crippen LogP contribution in [0.4, 0.5) is 17.1 Å². The molecule has 0 fully saturated rings. The maximum Gasteiger partial charge on any atom is 0.143 e. The zero-order chi connectivity index (χ0) is 41.4. The lowest BCUT2D eigenvalue weighted by Gasteiger charge is -2.28. The van der Waals surface area contributed by atoms with Crippen LogP contribution in [0.3, 0.4) is 0 Å². The molecule has 0 spiro atoms. The fourth-order valence-corrected chi connectivity index (χ4v) is 10.1. The van der Waals surface area contributed by atoms with Gasteiger partial charge in [0, 0.05) is 49.7 Å². The first kappa shape index (κ1) is 35.4. The number of furan rings is 1. The average Bonchev–Trinajstić information content (AvgIpc) is 3.89. The second kappa shape index (κ2) is 14.1. The number of nitrogens with zero attached hydrogens (tertiary/aromatic N) is 2. The maximum absolute atomic E-state index is 6.85. The minimum Gasteiger partial charge on any atom is -0.455 e. The van der Waals surface area contributed by atoms with Crippen molar-refractivity contribution in [2.24, 2.45) is 0 Å². The van der Waals surface area contributed by atoms with Gasteiger partial charge in [-0.25, -0.2) is 0 Å². The molecule has 0 aliphatic carbocycles. The molecule has 0 aliphatic heterocycles. The van der Waals surface area contributed by atoms with Gasteiger partial charge in [0.1, 0.15) is 11.2 Å². The van der Waals surface area contributed by atoms with E-state index in [1.807, 2.05) is 0 Å². The van der Waals surface area contributed by atoms with Gasteiger partial charge >= 0.3 is 0 Å². The first-order valence-electron chi connectivity index (χ1n) is 21.6. The summed E-state index contributed by atoms with van der Waals surface area (Å²) in [6, 6.07) is 83.5. The van der Waals surface area contributed by atoms with E-state index >= 15 is 0 Å². The molecule has 0 atom stereocenters. The van der Waals surface area contributed by atoms with Crippen LogP contribution in [-0.4, -0.2) is 4.57 Å². The van der Waals surface area contributed by atoms with Crippen molar-refractivity contribution >= 4 is 93.1 Å². The summed E-state index contributed by atoms with van der Waals surface area (Å²) in [6.45, 7) is 0. The zero-order valence-electron chi connectivity index (χ0n) is 34.2. The molecule has 0 unspecified atom stereocenters. The van der Waals surface area contributed by atoms with Gasteiger partial charge in [0.25, 0.3) is 0 Å². The molecular weight excluding hydrogens is 765 g/mol. The van der Waals surface area contributed by atoms with Crippen LogP contribution < -0.4 is 4.90 Å². The van der Waals surface area contributed by atoms with Crippen LogP contribution in [0.2, 0.25) is 0 Å². The second-order valence-electron chi connectivity index (χ2n) is 16.5. The van der Waals surface area contributed by atoms with E-state index in [2.05, 4.69) is 240 Å². The van der Waals surface area contributed by atoms with Crippen molar-refractivity contribution in [1.82, 2.24) is 4.57 Å². The van der Waals surface area contributed by atoms with Crippen molar-refractivity contribution in [3.63, 3.8) is 0 Å². The normalized spacial score (nSPS) is 11.8. The van der Waals surface area contributed by atoms with Crippen LogP contribution in [0, 0.1) is 0 Å². The molecule has 2 heterocycles. The Morgan fingerprint density at radius 3 is 1.73 bits per heavy atom. The lowest BCUT2D eigenvalue weighted by atomic mass is 9.94. The molecule has 0 saturated carbocycles. The molecule has 2 aromatic heterocycles. The van der Waals surface area contributed by atoms with Gasteiger partial charge in [0.15, 0.2) is 0 Å². The van der Waals surface area contributed by atoms with Crippen molar-refractivity contribution in [1.29, 1.82) is 0 Å². The third-order valence-corrected chi connectivity index (χ3v) is 12.9. The number of aromatic nitrogens is 1. The summed E-state index contributed by atoms with van der Waals surface area (Å²) in [7, 11) is 0. The van der Waals surface area contributed by atoms with Crippen LogP contribution >= 0.6 is 0 Å². The van der Waals surface area contributed by atoms with E-state index in [0.29, 0.717) is 0 Å². The number of para-hydroxylation sites is 4. The van der Waals surface area contributed by atoms with E-state index in [9.17, 15) is 0 Å². The lowest BCUT2D eigenvalue weighted by Crippen LogP contribution is -2.12. The molecule has 0 bridgehead atoms. The van der Waals surface area contributed by atoms with Gasteiger partial charge in [-0.15, -0.1) is 0 Å². The highest BCUT2D eigenvalue weighted by atomic mass is 16.3. The van der Waals surface area contributed by atoms with Gasteiger partial charge in [0.2, 0.25) is 0 Å². The summed E-state index contributed by atoms with van der Waals surface area (Å²) in [6.07, 6.45) is 0. The van der Waals surface area contributed by atoms with Crippen molar-refractivity contribution in [2.45, 2.75) is 0 Å². The first-order chi connectivity index (χ1) is 31.2. The van der Waals surface area contributed by atoms with E-state index in [1.165, 1.54) is 65.3 Å². The largest absolute Gasteiger partial charge is 0.455 e. The lowest BCUT2D eigenvalue weighted by molar-refractivity contribution is 0.670. The molecule has 13 aromatic rings. The Morgan fingerprint density at radius 2 is 0.937 bits per heavy atom. The fraction of sp³-hybridized carbons (Fsp3) is 0. The van der Waals surface area contributed by atoms with Crippen LogP contribution in [0.5, 0.6) is 0 Å². The number of fused-ring (bicyclic) bond motifs is 10. The molecule has 11 aromatic carbocycles. The quantitative estimate of drug-likeness (QED) is 0.156. The van der Waals surface area contributed by atoms with Gasteiger partial charge < -0.3 is 13.9 Å². The maximum atomic E-state index is 6.85. The Kier molecular flexibility index (Phi) is 7.91. The van der Waals surface area contributed by atoms with Gasteiger partial charge in [-0.1, -0.05) is 170 Å². The Bertz CT molecular complexity index is 3870. The predicted octanol–water partition coefficient (Wildman–Crippen LogP) is 16.9. The third kappa shape index (κ3) is 5.60. The minimum absolute atomic E-state index is 0.882. The molecule has 0 saturated heterocycles. The molecule has 13 rings (SSSR count). The number of hydrogen-bond acceptors (Lipinski definition) is 2. The van der Waals surface area contributed by atoms with Gasteiger partial charge in [0.05, 0.1) is 16.7 Å². The van der Waals surface area contributed by atoms with E-state index < -0.39 is 0 Å². The van der Waals surface area contributed by atoms with Crippen molar-refractivity contribution < 1.29 is 4.42 Å². The molecule has 0 amide bonds. The summed E-state index contributed by atoms with van der Waals surface area (Å²) in [4.78, 5) is 2.41. The Labute approximate surface area is 363 Å². The Balaban J connectivity index is 1.01. The summed E-state index contributed by atoms with van der Waals surface area (Å²) < 4.78 is 9.24. The summed E-state index contributed by atoms with van der Waals surface area (Å²) >= 11 is 0. The highest BCUT2D eigenvalue weighted by Crippen LogP contribution is 2.46. The highest BCUT2D eigenvalue weighted by Gasteiger charge is 2.22. The SMILES string of the molecule is c1cc(N(c2ccc(-c3cccc4c3ccc3ccccc34)cc2)c2ccccc2-c2cccc3c2oc2cc4ccccc4cc23)cc(-n2c3ccccc3c3ccccc32)c1. The molecular formula is C60H38N2O. The van der Waals surface area contributed by atoms with Crippen molar-refractivity contribution in [3.8, 4) is 27.9 Å². The third-order valence-electron chi connectivity index (χ3n) is 12.9. The first-order valence-corrected chi connectivity index (χ1v) is 21.6. The summed E-state index contributed by atoms with van der Waals surface area (Å²) in [5.41, 5.74) is 12.9. The van der Waals surface area contributed by atoms with Gasteiger partial charge in [-0.3, -0.25) is 0 Å². The van der Waals surface area contributed by atoms with E-state index in [4.69, 9.17) is 4.42 Å². The number of anilines is 3. The van der Waals surface area contributed by atoms with Crippen LogP contribution in [0.1, 0.15) is 0 Å². The van der Waals surface area contributed by atoms with E-state index in [0.717, 1.165) is 55.8 Å². The Morgan fingerprint density at radius 1 is 0.333 bits per heavy atom. The average molecular weight is 803 g/mol. The van der Waals surface area contributed by atoms with E-state index in [-0.39, 0.29) is 0 Å². The molecule has 0 N–H and O–H groups in total. The zero-order valence-corrected chi connectivity index (χ0v) is 34.2. The topological polar surface area (TPSA) is 21.3 Å². The van der Waals surface area contributed by atoms with Gasteiger partial charge in [-0.2, -0.15) is 0 Å². The van der Waals surface area contributed by atoms with Gasteiger partial charge in [-0.05, 0) is 104 Å². The van der Waals surface area contributed by atoms with Crippen LogP contribution in [0.15, 0.2) is 235 Å². The molecule has 3 heteroatoms. The summed E-state index contributed by atoms with van der Waals surface area (Å²) in [5, 5.41) is 12.1. The molecule has 3 nitrogen and oxygen atoms in total. The molecule has 0 aliphatic rings. The molecule has 0 radical (unpaired) electrons. The number of benzene rings is 11. The van der Waals surface area contributed by atoms with Crippen molar-refractivity contribution in [2.75, 3.05) is 4.90 Å². The number of rotatable bonds is 6. The Hall–Kier alpha value is -8.40. The monoisotopic (exact) mass is 802 g/mol. The molecule has 294 valence electrons. The fourth-order valence-electron chi connectivity index (χ4n) is 10.1. The van der Waals surface area contributed by atoms with Crippen LogP contribution in [-0.2, 0) is 0 Å². The highest BCUT2D eigenvalue weighted by molar-refractivity contribution is 6.15. The standard InChI is InChI=1S/C60H38N2O/c1-2-16-42-37-59-55(36-41(42)15-1)54-26-13-25-53(60(54)63-59)52-22-7-8-27-56(52)61(44-17-11-18-45(38-44)62-57-28-9-5-20-50(57)51-21-6-10-29-58(51)62)43-33-30-40(31-34-43)47-23-12-24-48-46-19-4-3-14-39(46)32-35-49(47)48/h1-38H. The van der Waals surface area contributed by atoms with Crippen LogP contribution in [0.25, 0.3) is 104 Å². The van der Waals surface area contributed by atoms with Crippen molar-refractivity contribution in [3.05, 3.63) is 231 Å². The number of hydrogen-bond donors (Lipinski definition) is 0. The second-order valence-corrected chi connectivity index (χ2v) is 16.5.